The average molecular weight is 317 g/mol. The number of carbonyl (C=O) groups excluding carboxylic acids is 1. The molecule has 0 saturated carbocycles. The molecule has 4 heteroatoms. The third-order valence-electron chi connectivity index (χ3n) is 5.03. The van der Waals surface area contributed by atoms with E-state index in [1.165, 1.54) is 13.0 Å². The molecule has 1 saturated heterocycles. The molecule has 1 atom stereocenters. The predicted octanol–water partition coefficient (Wildman–Crippen LogP) is 3.50. The number of hydrogen-bond acceptors (Lipinski definition) is 3. The first-order valence-corrected chi connectivity index (χ1v) is 9.03. The summed E-state index contributed by atoms with van der Waals surface area (Å²) in [6, 6.07) is 4.14. The van der Waals surface area contributed by atoms with Crippen molar-refractivity contribution in [2.45, 2.75) is 52.0 Å². The lowest BCUT2D eigenvalue weighted by molar-refractivity contribution is -0.133. The van der Waals surface area contributed by atoms with Crippen LogP contribution in [0.3, 0.4) is 0 Å². The van der Waals surface area contributed by atoms with Gasteiger partial charge in [0.05, 0.1) is 6.04 Å². The highest BCUT2D eigenvalue weighted by Crippen LogP contribution is 2.26. The molecule has 1 unspecified atom stereocenters. The zero-order valence-corrected chi connectivity index (χ0v) is 14.9. The number of aromatic nitrogens is 1. The molecule has 23 heavy (non-hydrogen) atoms. The van der Waals surface area contributed by atoms with Crippen LogP contribution in [0.2, 0.25) is 0 Å². The summed E-state index contributed by atoms with van der Waals surface area (Å²) in [7, 11) is 1.94. The number of rotatable bonds is 7. The Morgan fingerprint density at radius 1 is 1.39 bits per heavy atom. The highest BCUT2D eigenvalue weighted by atomic mass is 16.2. The summed E-state index contributed by atoms with van der Waals surface area (Å²) < 4.78 is 0. The molecule has 1 aromatic rings. The van der Waals surface area contributed by atoms with E-state index in [1.54, 1.807) is 6.20 Å². The van der Waals surface area contributed by atoms with Crippen LogP contribution >= 0.6 is 0 Å². The number of amides is 1. The van der Waals surface area contributed by atoms with Gasteiger partial charge in [0.15, 0.2) is 0 Å². The van der Waals surface area contributed by atoms with Gasteiger partial charge in [0.2, 0.25) is 5.91 Å². The minimum absolute atomic E-state index is 0.136. The normalized spacial score (nSPS) is 17.9. The van der Waals surface area contributed by atoms with Gasteiger partial charge in [-0.05, 0) is 62.9 Å². The van der Waals surface area contributed by atoms with Crippen LogP contribution in [0.1, 0.15) is 57.6 Å². The minimum Gasteiger partial charge on any atom is -0.339 e. The van der Waals surface area contributed by atoms with Crippen LogP contribution in [0, 0.1) is 5.92 Å². The molecule has 1 aliphatic heterocycles. The monoisotopic (exact) mass is 317 g/mol. The van der Waals surface area contributed by atoms with Crippen LogP contribution in [-0.4, -0.2) is 47.4 Å². The SMILES string of the molecule is CCCN1CCC(CC(=O)N(C)C(CC)c2cccnc2)CC1. The Morgan fingerprint density at radius 2 is 2.13 bits per heavy atom. The Labute approximate surface area is 140 Å². The largest absolute Gasteiger partial charge is 0.339 e. The lowest BCUT2D eigenvalue weighted by Crippen LogP contribution is -2.37. The fraction of sp³-hybridized carbons (Fsp3) is 0.684. The van der Waals surface area contributed by atoms with Gasteiger partial charge >= 0.3 is 0 Å². The van der Waals surface area contributed by atoms with Crippen LogP contribution in [-0.2, 0) is 4.79 Å². The molecule has 0 spiro atoms. The Hall–Kier alpha value is -1.42. The van der Waals surface area contributed by atoms with E-state index in [-0.39, 0.29) is 11.9 Å². The van der Waals surface area contributed by atoms with Crippen molar-refractivity contribution >= 4 is 5.91 Å². The van der Waals surface area contributed by atoms with E-state index in [2.05, 4.69) is 29.8 Å². The fourth-order valence-electron chi connectivity index (χ4n) is 3.60. The molecule has 2 heterocycles. The van der Waals surface area contributed by atoms with E-state index in [4.69, 9.17) is 0 Å². The molecular weight excluding hydrogens is 286 g/mol. The van der Waals surface area contributed by atoms with Crippen LogP contribution < -0.4 is 0 Å². The smallest absolute Gasteiger partial charge is 0.223 e. The van der Waals surface area contributed by atoms with Gasteiger partial charge in [-0.25, -0.2) is 0 Å². The quantitative estimate of drug-likeness (QED) is 0.772. The molecule has 1 aromatic heterocycles. The molecular formula is C19H31N3O. The van der Waals surface area contributed by atoms with E-state index < -0.39 is 0 Å². The summed E-state index contributed by atoms with van der Waals surface area (Å²) in [5.74, 6) is 0.819. The Morgan fingerprint density at radius 3 is 2.70 bits per heavy atom. The average Bonchev–Trinajstić information content (AvgIpc) is 2.58. The number of carbonyl (C=O) groups is 1. The molecule has 4 nitrogen and oxygen atoms in total. The second kappa shape index (κ2) is 9.02. The maximum atomic E-state index is 12.7. The van der Waals surface area contributed by atoms with Crippen molar-refractivity contribution < 1.29 is 4.79 Å². The summed E-state index contributed by atoms with van der Waals surface area (Å²) in [6.45, 7) is 7.85. The minimum atomic E-state index is 0.136. The second-order valence-electron chi connectivity index (χ2n) is 6.70. The topological polar surface area (TPSA) is 36.4 Å². The maximum Gasteiger partial charge on any atom is 0.223 e. The van der Waals surface area contributed by atoms with E-state index >= 15 is 0 Å². The van der Waals surface area contributed by atoms with Gasteiger partial charge < -0.3 is 9.80 Å². The number of hydrogen-bond donors (Lipinski definition) is 0. The summed E-state index contributed by atoms with van der Waals surface area (Å²) in [6.07, 6.45) is 8.79. The molecule has 2 rings (SSSR count). The zero-order chi connectivity index (χ0) is 16.7. The lowest BCUT2D eigenvalue weighted by atomic mass is 9.92. The molecule has 0 N–H and O–H groups in total. The number of likely N-dealkylation sites (tertiary alicyclic amines) is 1. The molecule has 0 aromatic carbocycles. The number of pyridine rings is 1. The first-order chi connectivity index (χ1) is 11.2. The standard InChI is InChI=1S/C19H31N3O/c1-4-11-22-12-8-16(9-13-22)14-19(23)21(3)18(5-2)17-7-6-10-20-15-17/h6-7,10,15-16,18H,4-5,8-9,11-14H2,1-3H3. The zero-order valence-electron chi connectivity index (χ0n) is 14.9. The van der Waals surface area contributed by atoms with Gasteiger partial charge in [-0.15, -0.1) is 0 Å². The molecule has 1 aliphatic rings. The fourth-order valence-corrected chi connectivity index (χ4v) is 3.60. The van der Waals surface area contributed by atoms with Crippen molar-refractivity contribution in [1.82, 2.24) is 14.8 Å². The highest BCUT2D eigenvalue weighted by molar-refractivity contribution is 5.76. The van der Waals surface area contributed by atoms with E-state index in [0.717, 1.165) is 37.9 Å². The van der Waals surface area contributed by atoms with Gasteiger partial charge in [0.1, 0.15) is 0 Å². The first kappa shape index (κ1) is 17.9. The molecule has 0 radical (unpaired) electrons. The summed E-state index contributed by atoms with van der Waals surface area (Å²) in [4.78, 5) is 21.3. The summed E-state index contributed by atoms with van der Waals surface area (Å²) in [5, 5.41) is 0. The van der Waals surface area contributed by atoms with Gasteiger partial charge in [-0.2, -0.15) is 0 Å². The van der Waals surface area contributed by atoms with Gasteiger partial charge in [0, 0.05) is 25.9 Å². The maximum absolute atomic E-state index is 12.7. The summed E-state index contributed by atoms with van der Waals surface area (Å²) in [5.41, 5.74) is 1.13. The van der Waals surface area contributed by atoms with Crippen LogP contribution in [0.5, 0.6) is 0 Å². The van der Waals surface area contributed by atoms with Crippen molar-refractivity contribution in [3.63, 3.8) is 0 Å². The van der Waals surface area contributed by atoms with Crippen molar-refractivity contribution in [2.75, 3.05) is 26.7 Å². The summed E-state index contributed by atoms with van der Waals surface area (Å²) >= 11 is 0. The Bertz CT molecular complexity index is 469. The van der Waals surface area contributed by atoms with Crippen LogP contribution in [0.4, 0.5) is 0 Å². The lowest BCUT2D eigenvalue weighted by Gasteiger charge is -2.33. The third kappa shape index (κ3) is 5.03. The van der Waals surface area contributed by atoms with Gasteiger partial charge in [-0.1, -0.05) is 19.9 Å². The molecule has 128 valence electrons. The molecule has 1 amide bonds. The van der Waals surface area contributed by atoms with E-state index in [9.17, 15) is 4.79 Å². The van der Waals surface area contributed by atoms with Gasteiger partial charge in [-0.3, -0.25) is 9.78 Å². The van der Waals surface area contributed by atoms with E-state index in [0.29, 0.717) is 12.3 Å². The van der Waals surface area contributed by atoms with Crippen molar-refractivity contribution in [3.8, 4) is 0 Å². The highest BCUT2D eigenvalue weighted by Gasteiger charge is 2.25. The second-order valence-corrected chi connectivity index (χ2v) is 6.70. The molecule has 0 aliphatic carbocycles. The van der Waals surface area contributed by atoms with E-state index in [1.807, 2.05) is 24.2 Å². The first-order valence-electron chi connectivity index (χ1n) is 9.03. The Kier molecular flexibility index (Phi) is 7.03. The van der Waals surface area contributed by atoms with Gasteiger partial charge in [0.25, 0.3) is 0 Å². The Balaban J connectivity index is 1.87. The van der Waals surface area contributed by atoms with Crippen molar-refractivity contribution in [1.29, 1.82) is 0 Å². The van der Waals surface area contributed by atoms with Crippen LogP contribution in [0.25, 0.3) is 0 Å². The molecule has 1 fully saturated rings. The number of piperidine rings is 1. The predicted molar refractivity (Wildman–Crippen MR) is 94.1 cm³/mol. The number of nitrogens with zero attached hydrogens (tertiary/aromatic N) is 3. The van der Waals surface area contributed by atoms with Crippen molar-refractivity contribution in [3.05, 3.63) is 30.1 Å². The third-order valence-corrected chi connectivity index (χ3v) is 5.03. The van der Waals surface area contributed by atoms with Crippen molar-refractivity contribution in [2.24, 2.45) is 5.92 Å². The molecule has 0 bridgehead atoms. The van der Waals surface area contributed by atoms with Crippen LogP contribution in [0.15, 0.2) is 24.5 Å².